The number of benzene rings is 1. The zero-order valence-corrected chi connectivity index (χ0v) is 9.78. The summed E-state index contributed by atoms with van der Waals surface area (Å²) in [5.41, 5.74) is 0.415. The fraction of sp³-hybridized carbons (Fsp3) is 0.0909. The van der Waals surface area contributed by atoms with Crippen LogP contribution in [0.1, 0.15) is 11.3 Å². The number of nitrogens with one attached hydrogen (secondary N) is 1. The molecule has 0 aliphatic rings. The summed E-state index contributed by atoms with van der Waals surface area (Å²) in [6.45, 7) is 1.76. The van der Waals surface area contributed by atoms with Crippen molar-refractivity contribution in [2.24, 2.45) is 0 Å². The molecule has 88 valence electrons. The van der Waals surface area contributed by atoms with Crippen LogP contribution >= 0.6 is 12.2 Å². The van der Waals surface area contributed by atoms with Crippen LogP contribution in [0.2, 0.25) is 0 Å². The molecule has 0 atom stereocenters. The number of aromatic nitrogens is 1. The van der Waals surface area contributed by atoms with Gasteiger partial charge in [-0.05, 0) is 19.1 Å². The number of nitrogens with zero attached hydrogens (tertiary/aromatic N) is 1. The Morgan fingerprint density at radius 2 is 2.12 bits per heavy atom. The first-order valence-electron chi connectivity index (χ1n) is 4.83. The number of phenolic OH excluding ortho intramolecular Hbond substituents is 2. The number of hydrogen-bond donors (Lipinski definition) is 3. The van der Waals surface area contributed by atoms with Crippen molar-refractivity contribution >= 4 is 23.0 Å². The average molecular weight is 250 g/mol. The highest BCUT2D eigenvalue weighted by Crippen LogP contribution is 2.23. The normalized spacial score (nSPS) is 10.2. The van der Waals surface area contributed by atoms with Crippen molar-refractivity contribution in [1.29, 1.82) is 0 Å². The summed E-state index contributed by atoms with van der Waals surface area (Å²) in [5.74, 6) is 1.01. The Morgan fingerprint density at radius 3 is 2.71 bits per heavy atom. The van der Waals surface area contributed by atoms with Gasteiger partial charge in [0.1, 0.15) is 22.2 Å². The minimum atomic E-state index is -0.0947. The average Bonchev–Trinajstić information content (AvgIpc) is 2.63. The maximum absolute atomic E-state index is 9.61. The lowest BCUT2D eigenvalue weighted by Gasteiger charge is -2.06. The van der Waals surface area contributed by atoms with Gasteiger partial charge in [-0.15, -0.1) is 0 Å². The molecule has 2 aromatic rings. The van der Waals surface area contributed by atoms with E-state index in [1.165, 1.54) is 18.2 Å². The maximum Gasteiger partial charge on any atom is 0.174 e. The van der Waals surface area contributed by atoms with Gasteiger partial charge in [-0.1, -0.05) is 17.4 Å². The molecule has 3 N–H and O–H groups in total. The molecule has 5 nitrogen and oxygen atoms in total. The third-order valence-corrected chi connectivity index (χ3v) is 2.42. The van der Waals surface area contributed by atoms with Gasteiger partial charge in [0.15, 0.2) is 5.82 Å². The SMILES string of the molecule is Cc1cc(NC(=S)c2ccc(O)cc2O)no1. The van der Waals surface area contributed by atoms with Crippen LogP contribution in [-0.2, 0) is 0 Å². The summed E-state index contributed by atoms with van der Waals surface area (Å²) in [4.78, 5) is 0.302. The van der Waals surface area contributed by atoms with Gasteiger partial charge >= 0.3 is 0 Å². The van der Waals surface area contributed by atoms with E-state index >= 15 is 0 Å². The summed E-state index contributed by atoms with van der Waals surface area (Å²) >= 11 is 5.11. The third kappa shape index (κ3) is 2.54. The molecule has 2 rings (SSSR count). The van der Waals surface area contributed by atoms with Crippen LogP contribution in [0.3, 0.4) is 0 Å². The molecule has 0 unspecified atom stereocenters. The lowest BCUT2D eigenvalue weighted by Crippen LogP contribution is -2.10. The van der Waals surface area contributed by atoms with Crippen LogP contribution in [0.5, 0.6) is 11.5 Å². The summed E-state index contributed by atoms with van der Waals surface area (Å²) in [6.07, 6.45) is 0. The van der Waals surface area contributed by atoms with Gasteiger partial charge in [-0.25, -0.2) is 0 Å². The van der Waals surface area contributed by atoms with E-state index < -0.39 is 0 Å². The van der Waals surface area contributed by atoms with Crippen LogP contribution < -0.4 is 5.32 Å². The van der Waals surface area contributed by atoms with Crippen LogP contribution in [0.25, 0.3) is 0 Å². The Balaban J connectivity index is 2.20. The zero-order valence-electron chi connectivity index (χ0n) is 8.97. The van der Waals surface area contributed by atoms with Gasteiger partial charge in [0, 0.05) is 12.1 Å². The zero-order chi connectivity index (χ0) is 12.4. The van der Waals surface area contributed by atoms with E-state index in [1.807, 2.05) is 0 Å². The predicted molar refractivity (Wildman–Crippen MR) is 66.3 cm³/mol. The monoisotopic (exact) mass is 250 g/mol. The van der Waals surface area contributed by atoms with Crippen molar-refractivity contribution in [1.82, 2.24) is 5.16 Å². The minimum absolute atomic E-state index is 0.0219. The molecule has 0 spiro atoms. The molecule has 1 heterocycles. The predicted octanol–water partition coefficient (Wildman–Crippen LogP) is 2.18. The van der Waals surface area contributed by atoms with Gasteiger partial charge in [-0.2, -0.15) is 0 Å². The number of hydrogen-bond acceptors (Lipinski definition) is 5. The number of thiocarbonyl (C=S) groups is 1. The number of anilines is 1. The van der Waals surface area contributed by atoms with E-state index in [-0.39, 0.29) is 11.5 Å². The second-order valence-electron chi connectivity index (χ2n) is 3.48. The number of aryl methyl sites for hydroxylation is 1. The second kappa shape index (κ2) is 4.42. The van der Waals surface area contributed by atoms with Crippen molar-refractivity contribution < 1.29 is 14.7 Å². The summed E-state index contributed by atoms with van der Waals surface area (Å²) in [5, 5.41) is 25.3. The Kier molecular flexibility index (Phi) is 2.97. The van der Waals surface area contributed by atoms with Crippen molar-refractivity contribution in [2.45, 2.75) is 6.92 Å². The third-order valence-electron chi connectivity index (χ3n) is 2.10. The van der Waals surface area contributed by atoms with E-state index in [0.717, 1.165) is 0 Å². The molecule has 0 saturated heterocycles. The highest BCUT2D eigenvalue weighted by Gasteiger charge is 2.10. The molecule has 0 aliphatic carbocycles. The largest absolute Gasteiger partial charge is 0.508 e. The van der Waals surface area contributed by atoms with Crippen molar-refractivity contribution in [3.63, 3.8) is 0 Å². The molecule has 0 amide bonds. The number of rotatable bonds is 2. The van der Waals surface area contributed by atoms with Gasteiger partial charge in [0.05, 0.1) is 5.56 Å². The molecule has 1 aromatic carbocycles. The highest BCUT2D eigenvalue weighted by atomic mass is 32.1. The van der Waals surface area contributed by atoms with Crippen LogP contribution in [0.15, 0.2) is 28.8 Å². The number of aromatic hydroxyl groups is 2. The van der Waals surface area contributed by atoms with Gasteiger partial charge in [0.2, 0.25) is 0 Å². The van der Waals surface area contributed by atoms with Gasteiger partial charge in [0.25, 0.3) is 0 Å². The Morgan fingerprint density at radius 1 is 1.35 bits per heavy atom. The number of phenols is 2. The van der Waals surface area contributed by atoms with E-state index in [1.54, 1.807) is 13.0 Å². The summed E-state index contributed by atoms with van der Waals surface area (Å²) < 4.78 is 4.88. The van der Waals surface area contributed by atoms with Gasteiger partial charge < -0.3 is 20.1 Å². The second-order valence-corrected chi connectivity index (χ2v) is 3.89. The topological polar surface area (TPSA) is 78.5 Å². The first-order chi connectivity index (χ1) is 8.06. The molecule has 0 radical (unpaired) electrons. The quantitative estimate of drug-likeness (QED) is 0.709. The lowest BCUT2D eigenvalue weighted by atomic mass is 10.2. The maximum atomic E-state index is 9.61. The molecule has 0 fully saturated rings. The van der Waals surface area contributed by atoms with E-state index in [0.29, 0.717) is 22.1 Å². The first kappa shape index (κ1) is 11.4. The lowest BCUT2D eigenvalue weighted by molar-refractivity contribution is 0.400. The standard InChI is InChI=1S/C11H10N2O3S/c1-6-4-10(13-16-6)12-11(17)8-3-2-7(14)5-9(8)15/h2-5,14-15H,1H3,(H,12,13,17). The summed E-state index contributed by atoms with van der Waals surface area (Å²) in [7, 11) is 0. The van der Waals surface area contributed by atoms with Crippen LogP contribution in [-0.4, -0.2) is 20.4 Å². The van der Waals surface area contributed by atoms with Crippen LogP contribution in [0, 0.1) is 6.92 Å². The molecule has 6 heteroatoms. The molecule has 17 heavy (non-hydrogen) atoms. The smallest absolute Gasteiger partial charge is 0.174 e. The molecular weight excluding hydrogens is 240 g/mol. The fourth-order valence-corrected chi connectivity index (χ4v) is 1.60. The van der Waals surface area contributed by atoms with Gasteiger partial charge in [-0.3, -0.25) is 0 Å². The fourth-order valence-electron chi connectivity index (χ4n) is 1.32. The Labute approximate surface area is 103 Å². The summed E-state index contributed by atoms with van der Waals surface area (Å²) in [6, 6.07) is 5.87. The highest BCUT2D eigenvalue weighted by molar-refractivity contribution is 7.81. The molecule has 1 aromatic heterocycles. The van der Waals surface area contributed by atoms with E-state index in [4.69, 9.17) is 21.8 Å². The Hall–Kier alpha value is -2.08. The Bertz CT molecular complexity index is 566. The first-order valence-corrected chi connectivity index (χ1v) is 5.24. The molecule has 0 bridgehead atoms. The van der Waals surface area contributed by atoms with Crippen LogP contribution in [0.4, 0.5) is 5.82 Å². The molecule has 0 saturated carbocycles. The van der Waals surface area contributed by atoms with Crippen molar-refractivity contribution in [2.75, 3.05) is 5.32 Å². The van der Waals surface area contributed by atoms with E-state index in [9.17, 15) is 5.11 Å². The van der Waals surface area contributed by atoms with E-state index in [2.05, 4.69) is 10.5 Å². The molecule has 0 aliphatic heterocycles. The molecular formula is C11H10N2O3S. The van der Waals surface area contributed by atoms with Crippen molar-refractivity contribution in [3.05, 3.63) is 35.6 Å². The minimum Gasteiger partial charge on any atom is -0.508 e. The van der Waals surface area contributed by atoms with Crippen molar-refractivity contribution in [3.8, 4) is 11.5 Å².